The number of ketones is 1. The zero-order valence-electron chi connectivity index (χ0n) is 21.7. The van der Waals surface area contributed by atoms with Crippen molar-refractivity contribution in [1.29, 1.82) is 0 Å². The van der Waals surface area contributed by atoms with Gasteiger partial charge in [-0.1, -0.05) is 48.5 Å². The summed E-state index contributed by atoms with van der Waals surface area (Å²) in [5.41, 5.74) is 14.4. The third-order valence-electron chi connectivity index (χ3n) is 6.25. The number of carboxylic acids is 2. The quantitative estimate of drug-likeness (QED) is 0.285. The van der Waals surface area contributed by atoms with E-state index in [1.54, 1.807) is 24.3 Å². The van der Waals surface area contributed by atoms with Crippen LogP contribution in [-0.2, 0) is 47.8 Å². The Labute approximate surface area is 227 Å². The van der Waals surface area contributed by atoms with Crippen molar-refractivity contribution in [2.45, 2.75) is 56.8 Å². The minimum Gasteiger partial charge on any atom is -0.480 e. The van der Waals surface area contributed by atoms with E-state index in [-0.39, 0.29) is 24.9 Å². The predicted molar refractivity (Wildman–Crippen MR) is 140 cm³/mol. The van der Waals surface area contributed by atoms with E-state index in [1.807, 2.05) is 24.3 Å². The number of hydrogen-bond acceptors (Lipinski definition) is 9. The van der Waals surface area contributed by atoms with Crippen LogP contribution in [0.25, 0.3) is 0 Å². The molecule has 0 aliphatic carbocycles. The van der Waals surface area contributed by atoms with Crippen LogP contribution in [0.4, 0.5) is 0 Å². The minimum atomic E-state index is -1.04. The fourth-order valence-corrected chi connectivity index (χ4v) is 4.00. The minimum absolute atomic E-state index is 0.0639. The Kier molecular flexibility index (Phi) is 12.0. The number of ether oxygens (including phenoxy) is 4. The van der Waals surface area contributed by atoms with Crippen molar-refractivity contribution in [3.8, 4) is 0 Å². The number of nitrogens with two attached hydrogens (primary N) is 2. The molecule has 11 nitrogen and oxygen atoms in total. The van der Waals surface area contributed by atoms with Gasteiger partial charge in [-0.05, 0) is 36.0 Å². The van der Waals surface area contributed by atoms with E-state index < -0.39 is 30.3 Å². The summed E-state index contributed by atoms with van der Waals surface area (Å²) in [6, 6.07) is 12.8. The number of aliphatic carboxylic acids is 2. The lowest BCUT2D eigenvalue weighted by molar-refractivity contribution is -0.139. The van der Waals surface area contributed by atoms with Gasteiger partial charge in [0.15, 0.2) is 18.4 Å². The van der Waals surface area contributed by atoms with Crippen LogP contribution in [0.2, 0.25) is 0 Å². The predicted octanol–water partition coefficient (Wildman–Crippen LogP) is 1.53. The van der Waals surface area contributed by atoms with Gasteiger partial charge >= 0.3 is 11.9 Å². The maximum absolute atomic E-state index is 12.0. The molecule has 0 bridgehead atoms. The normalized spacial score (nSPS) is 17.3. The molecular formula is C28H36N2O9. The third-order valence-corrected chi connectivity index (χ3v) is 6.25. The highest BCUT2D eigenvalue weighted by Crippen LogP contribution is 2.15. The van der Waals surface area contributed by atoms with Crippen molar-refractivity contribution in [1.82, 2.24) is 0 Å². The Morgan fingerprint density at radius 2 is 1.10 bits per heavy atom. The molecule has 0 spiro atoms. The van der Waals surface area contributed by atoms with Gasteiger partial charge < -0.3 is 40.6 Å². The fourth-order valence-electron chi connectivity index (χ4n) is 4.00. The van der Waals surface area contributed by atoms with E-state index in [4.69, 9.17) is 40.6 Å². The number of Topliss-reactive ketones (excluding diaryl/α,β-unsaturated/α-hetero) is 1. The average molecular weight is 545 g/mol. The number of benzene rings is 2. The van der Waals surface area contributed by atoms with Crippen molar-refractivity contribution in [2.75, 3.05) is 26.4 Å². The second-order valence-corrected chi connectivity index (χ2v) is 9.32. The summed E-state index contributed by atoms with van der Waals surface area (Å²) in [7, 11) is 0. The molecule has 4 rings (SSSR count). The summed E-state index contributed by atoms with van der Waals surface area (Å²) in [6.45, 7) is 2.39. The van der Waals surface area contributed by atoms with Gasteiger partial charge in [-0.2, -0.15) is 0 Å². The zero-order chi connectivity index (χ0) is 28.2. The summed E-state index contributed by atoms with van der Waals surface area (Å²) in [5, 5.41) is 17.5. The molecule has 2 fully saturated rings. The molecule has 2 aliphatic rings. The van der Waals surface area contributed by atoms with E-state index in [1.165, 1.54) is 5.56 Å². The van der Waals surface area contributed by atoms with Gasteiger partial charge in [-0.25, -0.2) is 0 Å². The molecule has 6 N–H and O–H groups in total. The van der Waals surface area contributed by atoms with Gasteiger partial charge in [0.2, 0.25) is 0 Å². The lowest BCUT2D eigenvalue weighted by atomic mass is 10.0. The molecule has 0 amide bonds. The second kappa shape index (κ2) is 15.4. The molecule has 0 radical (unpaired) electrons. The Balaban J connectivity index is 0.000000216. The molecule has 0 aromatic heterocycles. The molecule has 2 heterocycles. The van der Waals surface area contributed by atoms with Crippen LogP contribution in [0.1, 0.15) is 39.9 Å². The van der Waals surface area contributed by atoms with Crippen molar-refractivity contribution in [3.63, 3.8) is 0 Å². The van der Waals surface area contributed by atoms with Gasteiger partial charge in [0, 0.05) is 12.0 Å². The van der Waals surface area contributed by atoms with E-state index in [9.17, 15) is 14.4 Å². The van der Waals surface area contributed by atoms with Crippen molar-refractivity contribution >= 4 is 17.7 Å². The molecular weight excluding hydrogens is 508 g/mol. The summed E-state index contributed by atoms with van der Waals surface area (Å²) in [5.74, 6) is -2.08. The van der Waals surface area contributed by atoms with Gasteiger partial charge in [0.1, 0.15) is 12.1 Å². The number of rotatable bonds is 12. The molecule has 39 heavy (non-hydrogen) atoms. The largest absolute Gasteiger partial charge is 0.480 e. The maximum Gasteiger partial charge on any atom is 0.320 e. The number of carbonyl (C=O) groups is 3. The van der Waals surface area contributed by atoms with Crippen molar-refractivity contribution in [2.24, 2.45) is 11.5 Å². The molecule has 2 saturated heterocycles. The van der Waals surface area contributed by atoms with Gasteiger partial charge in [-0.3, -0.25) is 14.4 Å². The summed E-state index contributed by atoms with van der Waals surface area (Å²) in [6.07, 6.45) is 1.96. The molecule has 11 heteroatoms. The molecule has 2 aromatic carbocycles. The number of hydrogen-bond donors (Lipinski definition) is 4. The standard InChI is InChI=1S/C14H17NO5.C14H19NO4/c15-11(14(17)18)7-9-1-3-10(4-2-9)12(16)8-13-19-5-6-20-13;15-12(14(16)17)9-11-3-1-10(2-4-11)5-6-13-18-7-8-19-13/h1-4,11,13H,5-8,15H2,(H,17,18);1-4,12-13H,5-9,15H2,(H,16,17). The van der Waals surface area contributed by atoms with E-state index in [2.05, 4.69) is 0 Å². The Bertz CT molecular complexity index is 1060. The first-order valence-corrected chi connectivity index (χ1v) is 12.8. The first-order chi connectivity index (χ1) is 18.7. The lowest BCUT2D eigenvalue weighted by Crippen LogP contribution is -2.32. The second-order valence-electron chi connectivity index (χ2n) is 9.32. The molecule has 2 atom stereocenters. The number of aryl methyl sites for hydroxylation is 1. The molecule has 2 aliphatic heterocycles. The highest BCUT2D eigenvalue weighted by molar-refractivity contribution is 5.96. The topological polar surface area (TPSA) is 181 Å². The summed E-state index contributed by atoms with van der Waals surface area (Å²) >= 11 is 0. The maximum atomic E-state index is 12.0. The summed E-state index contributed by atoms with van der Waals surface area (Å²) < 4.78 is 21.2. The zero-order valence-corrected chi connectivity index (χ0v) is 21.7. The Hall–Kier alpha value is -3.19. The van der Waals surface area contributed by atoms with Gasteiger partial charge in [-0.15, -0.1) is 0 Å². The van der Waals surface area contributed by atoms with E-state index in [0.717, 1.165) is 24.0 Å². The van der Waals surface area contributed by atoms with Gasteiger partial charge in [0.05, 0.1) is 32.8 Å². The first kappa shape index (κ1) is 30.4. The van der Waals surface area contributed by atoms with Crippen LogP contribution in [0, 0.1) is 0 Å². The molecule has 2 aromatic rings. The van der Waals surface area contributed by atoms with Crippen molar-refractivity contribution in [3.05, 3.63) is 70.8 Å². The van der Waals surface area contributed by atoms with Crippen LogP contribution < -0.4 is 11.5 Å². The summed E-state index contributed by atoms with van der Waals surface area (Å²) in [4.78, 5) is 33.3. The van der Waals surface area contributed by atoms with E-state index >= 15 is 0 Å². The third kappa shape index (κ3) is 10.5. The highest BCUT2D eigenvalue weighted by Gasteiger charge is 2.21. The number of carboxylic acid groups (broad SMARTS) is 2. The monoisotopic (exact) mass is 544 g/mol. The lowest BCUT2D eigenvalue weighted by Gasteiger charge is -2.10. The van der Waals surface area contributed by atoms with Gasteiger partial charge in [0.25, 0.3) is 0 Å². The Morgan fingerprint density at radius 1 is 0.692 bits per heavy atom. The average Bonchev–Trinajstić information content (AvgIpc) is 3.63. The van der Waals surface area contributed by atoms with Crippen LogP contribution in [0.15, 0.2) is 48.5 Å². The number of carbonyl (C=O) groups excluding carboxylic acids is 1. The van der Waals surface area contributed by atoms with Crippen LogP contribution in [-0.4, -0.2) is 79.0 Å². The molecule has 0 saturated carbocycles. The first-order valence-electron chi connectivity index (χ1n) is 12.8. The Morgan fingerprint density at radius 3 is 1.56 bits per heavy atom. The highest BCUT2D eigenvalue weighted by atomic mass is 16.7. The molecule has 212 valence electrons. The fraction of sp³-hybridized carbons (Fsp3) is 0.464. The van der Waals surface area contributed by atoms with Crippen LogP contribution in [0.3, 0.4) is 0 Å². The smallest absolute Gasteiger partial charge is 0.320 e. The van der Waals surface area contributed by atoms with Crippen LogP contribution in [0.5, 0.6) is 0 Å². The molecule has 2 unspecified atom stereocenters. The van der Waals surface area contributed by atoms with Crippen molar-refractivity contribution < 1.29 is 43.5 Å². The van der Waals surface area contributed by atoms with Crippen LogP contribution >= 0.6 is 0 Å². The SMILES string of the molecule is NC(Cc1ccc(C(=O)CC2OCCO2)cc1)C(=O)O.NC(Cc1ccc(CCC2OCCO2)cc1)C(=O)O. The van der Waals surface area contributed by atoms with E-state index in [0.29, 0.717) is 38.4 Å².